The van der Waals surface area contributed by atoms with Crippen molar-refractivity contribution >= 4 is 17.9 Å². The van der Waals surface area contributed by atoms with Gasteiger partial charge in [-0.15, -0.1) is 0 Å². The summed E-state index contributed by atoms with van der Waals surface area (Å²) < 4.78 is 82.5. The lowest BCUT2D eigenvalue weighted by atomic mass is 9.95. The number of esters is 3. The van der Waals surface area contributed by atoms with Crippen molar-refractivity contribution in [2.24, 2.45) is 0 Å². The Balaban J connectivity index is 1.33. The second-order valence-electron chi connectivity index (χ2n) is 25.5. The Morgan fingerprint density at radius 2 is 0.852 bits per heavy atom. The van der Waals surface area contributed by atoms with E-state index in [0.717, 1.165) is 116 Å². The highest BCUT2D eigenvalue weighted by Crippen LogP contribution is 2.39. The SMILES string of the molecule is CCCCCCCCCCCC(=O)O[C@H]1[C@H](O[C@@H]2[C@@H](O)[C@H]3OC(=O)CCCCCCCCC[C@H](CCCCC)O[C@@H]4O[C@H](C)[C@H](O)[C@H](O)[C@H]4O[C@@H]3O[C@H]2C)O[C@@H](C)[C@H](O[C@@H]2O[C@@H](C)[C@H](OC(=O)CCCCC)[C@@H](O)[C@H]2O)[C@H]1O[C@@H]1O[C@@H](C)[C@H](O)[C@@H](O)[C@H]1O. The molecule has 6 rings (SSSR count). The minimum atomic E-state index is -1.90. The number of carbonyl (C=O) groups excluding carboxylic acids is 3. The molecule has 26 atom stereocenters. The molecule has 0 spiro atoms. The maximum Gasteiger partial charge on any atom is 0.306 e. The van der Waals surface area contributed by atoms with Gasteiger partial charge in [0.2, 0.25) is 0 Å². The zero-order valence-electron chi connectivity index (χ0n) is 53.7. The first-order valence-corrected chi connectivity index (χ1v) is 33.8. The summed E-state index contributed by atoms with van der Waals surface area (Å²) in [6.07, 6.45) is -17.0. The number of hydrogen-bond donors (Lipinski definition) is 8. The van der Waals surface area contributed by atoms with E-state index in [0.29, 0.717) is 32.1 Å². The van der Waals surface area contributed by atoms with Crippen LogP contribution in [0, 0.1) is 0 Å². The molecule has 6 aliphatic rings. The molecule has 0 radical (unpaired) electrons. The summed E-state index contributed by atoms with van der Waals surface area (Å²) in [7, 11) is 0. The summed E-state index contributed by atoms with van der Waals surface area (Å²) in [5.74, 6) is -2.02. The van der Waals surface area contributed by atoms with Crippen molar-refractivity contribution in [3.63, 3.8) is 0 Å². The zero-order valence-corrected chi connectivity index (χ0v) is 53.7. The van der Waals surface area contributed by atoms with Crippen LogP contribution in [0.1, 0.15) is 229 Å². The van der Waals surface area contributed by atoms with Crippen molar-refractivity contribution in [3.8, 4) is 0 Å². The van der Waals surface area contributed by atoms with E-state index in [1.807, 2.05) is 6.92 Å². The third kappa shape index (κ3) is 21.6. The first kappa shape index (κ1) is 74.7. The maximum atomic E-state index is 14.3. The summed E-state index contributed by atoms with van der Waals surface area (Å²) in [5.41, 5.74) is 0. The first-order chi connectivity index (χ1) is 42.2. The smallest absolute Gasteiger partial charge is 0.306 e. The minimum absolute atomic E-state index is 0.0201. The first-order valence-electron chi connectivity index (χ1n) is 33.8. The molecule has 0 unspecified atom stereocenters. The van der Waals surface area contributed by atoms with Crippen LogP contribution in [0.3, 0.4) is 0 Å². The average molecular weight is 1270 g/mol. The van der Waals surface area contributed by atoms with E-state index >= 15 is 0 Å². The third-order valence-electron chi connectivity index (χ3n) is 18.1. The second kappa shape index (κ2) is 38.2. The lowest BCUT2D eigenvalue weighted by Gasteiger charge is -2.51. The van der Waals surface area contributed by atoms with Gasteiger partial charge < -0.3 is 102 Å². The van der Waals surface area contributed by atoms with Crippen LogP contribution in [0.5, 0.6) is 0 Å². The molecule has 0 aliphatic carbocycles. The topological polar surface area (TPSA) is 333 Å². The van der Waals surface area contributed by atoms with Gasteiger partial charge in [-0.25, -0.2) is 0 Å². The highest BCUT2D eigenvalue weighted by atomic mass is 16.8. The fourth-order valence-corrected chi connectivity index (χ4v) is 12.6. The Kier molecular flexibility index (Phi) is 32.4. The molecule has 0 amide bonds. The molecule has 6 heterocycles. The number of aliphatic hydroxyl groups excluding tert-OH is 8. The van der Waals surface area contributed by atoms with Gasteiger partial charge in [0.1, 0.15) is 73.2 Å². The standard InChI is InChI=1S/C64H112O24/c1-9-12-15-16-17-18-21-24-30-35-44(67)84-59-58(88-60-50(73)47(70)45(68)36(4)76-60)55(86-61-51(74)49(72)53(38(6)78-61)82-42(65)33-27-14-11-3)40(8)80-64(59)85-54-39(7)79-63-57(52(54)75)83-43(66)34-29-25-22-19-20-23-28-32-41(31-26-13-10-2)81-62-56(87-63)48(71)46(69)37(5)77-62/h36-41,45-64,68-75H,9-35H2,1-8H3/t36-,37+,38-,39-,40-,41-,45-,46-,47+,48-,49-,50+,51+,52+,53-,54-,55-,56+,57+,58+,59+,60-,61-,62-,63-,64-/m0/s1. The lowest BCUT2D eigenvalue weighted by molar-refractivity contribution is -0.399. The maximum absolute atomic E-state index is 14.3. The molecule has 24 heteroatoms. The second-order valence-corrected chi connectivity index (χ2v) is 25.5. The summed E-state index contributed by atoms with van der Waals surface area (Å²) in [4.78, 5) is 41.1. The fourth-order valence-electron chi connectivity index (χ4n) is 12.6. The van der Waals surface area contributed by atoms with Crippen LogP contribution < -0.4 is 0 Å². The van der Waals surface area contributed by atoms with Crippen molar-refractivity contribution in [2.45, 2.75) is 388 Å². The summed E-state index contributed by atoms with van der Waals surface area (Å²) in [6.45, 7) is 13.9. The van der Waals surface area contributed by atoms with Gasteiger partial charge in [-0.3, -0.25) is 14.4 Å². The average Bonchev–Trinajstić information content (AvgIpc) is 0.915. The molecule has 8 N–H and O–H groups in total. The van der Waals surface area contributed by atoms with Gasteiger partial charge in [-0.1, -0.05) is 143 Å². The number of rotatable bonds is 26. The van der Waals surface area contributed by atoms with Crippen LogP contribution in [0.2, 0.25) is 0 Å². The fraction of sp³-hybridized carbons (Fsp3) is 0.953. The summed E-state index contributed by atoms with van der Waals surface area (Å²) in [5, 5.41) is 92.1. The van der Waals surface area contributed by atoms with E-state index in [2.05, 4.69) is 13.8 Å². The number of fused-ring (bicyclic) bond motifs is 2. The largest absolute Gasteiger partial charge is 0.457 e. The Morgan fingerprint density at radius 1 is 0.398 bits per heavy atom. The Labute approximate surface area is 521 Å². The van der Waals surface area contributed by atoms with E-state index in [4.69, 9.17) is 61.6 Å². The van der Waals surface area contributed by atoms with E-state index in [1.165, 1.54) is 27.2 Å². The van der Waals surface area contributed by atoms with Crippen molar-refractivity contribution < 1.29 is 117 Å². The van der Waals surface area contributed by atoms with E-state index in [-0.39, 0.29) is 25.4 Å². The van der Waals surface area contributed by atoms with Crippen molar-refractivity contribution in [1.82, 2.24) is 0 Å². The number of unbranched alkanes of at least 4 members (excludes halogenated alkanes) is 12. The Bertz CT molecular complexity index is 1990. The molecule has 24 nitrogen and oxygen atoms in total. The number of hydrogen-bond acceptors (Lipinski definition) is 24. The molecular formula is C64H112O24. The van der Waals surface area contributed by atoms with E-state index in [1.54, 1.807) is 13.8 Å². The predicted octanol–water partition coefficient (Wildman–Crippen LogP) is 5.87. The van der Waals surface area contributed by atoms with Gasteiger partial charge in [0.25, 0.3) is 0 Å². The summed E-state index contributed by atoms with van der Waals surface area (Å²) >= 11 is 0. The predicted molar refractivity (Wildman–Crippen MR) is 315 cm³/mol. The molecular weight excluding hydrogens is 1150 g/mol. The van der Waals surface area contributed by atoms with Crippen molar-refractivity contribution in [2.75, 3.05) is 0 Å². The van der Waals surface area contributed by atoms with Crippen LogP contribution >= 0.6 is 0 Å². The third-order valence-corrected chi connectivity index (χ3v) is 18.1. The molecule has 512 valence electrons. The van der Waals surface area contributed by atoms with Crippen molar-refractivity contribution in [3.05, 3.63) is 0 Å². The normalized spacial score (nSPS) is 40.9. The van der Waals surface area contributed by atoms with Crippen LogP contribution in [0.15, 0.2) is 0 Å². The molecule has 0 bridgehead atoms. The molecule has 6 aliphatic heterocycles. The highest BCUT2D eigenvalue weighted by molar-refractivity contribution is 5.70. The van der Waals surface area contributed by atoms with Crippen LogP contribution in [0.25, 0.3) is 0 Å². The van der Waals surface area contributed by atoms with Crippen LogP contribution in [0.4, 0.5) is 0 Å². The zero-order chi connectivity index (χ0) is 64.0. The molecule has 0 aromatic heterocycles. The molecule has 88 heavy (non-hydrogen) atoms. The van der Waals surface area contributed by atoms with Gasteiger partial charge in [0, 0.05) is 19.3 Å². The van der Waals surface area contributed by atoms with Gasteiger partial charge in [0.05, 0.1) is 36.6 Å². The van der Waals surface area contributed by atoms with Crippen LogP contribution in [-0.4, -0.2) is 218 Å². The molecule has 6 fully saturated rings. The monoisotopic (exact) mass is 1260 g/mol. The van der Waals surface area contributed by atoms with Gasteiger partial charge >= 0.3 is 17.9 Å². The van der Waals surface area contributed by atoms with Crippen molar-refractivity contribution in [1.29, 1.82) is 0 Å². The minimum Gasteiger partial charge on any atom is -0.457 e. The highest BCUT2D eigenvalue weighted by Gasteiger charge is 2.58. The molecule has 0 aromatic rings. The van der Waals surface area contributed by atoms with Crippen LogP contribution in [-0.2, 0) is 76.0 Å². The number of carbonyl (C=O) groups is 3. The van der Waals surface area contributed by atoms with E-state index in [9.17, 15) is 55.2 Å². The lowest BCUT2D eigenvalue weighted by Crippen LogP contribution is -2.68. The van der Waals surface area contributed by atoms with Gasteiger partial charge in [-0.2, -0.15) is 0 Å². The quantitative estimate of drug-likeness (QED) is 0.0285. The summed E-state index contributed by atoms with van der Waals surface area (Å²) in [6, 6.07) is 0. The van der Waals surface area contributed by atoms with Gasteiger partial charge in [-0.05, 0) is 66.7 Å². The molecule has 6 saturated heterocycles. The molecule has 0 saturated carbocycles. The van der Waals surface area contributed by atoms with E-state index < -0.39 is 171 Å². The van der Waals surface area contributed by atoms with Gasteiger partial charge in [0.15, 0.2) is 49.8 Å². The number of ether oxygens (including phenoxy) is 13. The Morgan fingerprint density at radius 3 is 1.51 bits per heavy atom. The number of aliphatic hydroxyl groups is 8. The Hall–Kier alpha value is -2.31. The molecule has 0 aromatic carbocycles.